The third kappa shape index (κ3) is 1.05. The van der Waals surface area contributed by atoms with Gasteiger partial charge in [0.1, 0.15) is 18.1 Å². The minimum absolute atomic E-state index is 0.597. The maximum absolute atomic E-state index is 5.40. The van der Waals surface area contributed by atoms with Gasteiger partial charge in [-0.25, -0.2) is 0 Å². The van der Waals surface area contributed by atoms with Crippen LogP contribution in [0.3, 0.4) is 0 Å². The van der Waals surface area contributed by atoms with Crippen molar-refractivity contribution in [1.82, 2.24) is 0 Å². The quantitative estimate of drug-likeness (QED) is 0.629. The van der Waals surface area contributed by atoms with E-state index in [0.29, 0.717) is 6.61 Å². The smallest absolute Gasteiger partial charge is 0.130 e. The van der Waals surface area contributed by atoms with Crippen LogP contribution in [0.2, 0.25) is 0 Å². The Hall–Kier alpha value is -1.44. The second-order valence-corrected chi connectivity index (χ2v) is 2.58. The molecule has 0 bridgehead atoms. The molecule has 0 saturated carbocycles. The van der Waals surface area contributed by atoms with Crippen LogP contribution in [0.15, 0.2) is 30.3 Å². The van der Waals surface area contributed by atoms with Crippen molar-refractivity contribution in [3.63, 3.8) is 0 Å². The van der Waals surface area contributed by atoms with Gasteiger partial charge in [0, 0.05) is 0 Å². The Morgan fingerprint density at radius 2 is 2.17 bits per heavy atom. The van der Waals surface area contributed by atoms with Gasteiger partial charge in [-0.05, 0) is 18.2 Å². The number of fused-ring (bicyclic) bond motifs is 1. The fourth-order valence-electron chi connectivity index (χ4n) is 1.31. The van der Waals surface area contributed by atoms with E-state index in [9.17, 15) is 0 Å². The molecule has 0 amide bonds. The molecule has 0 aliphatic carbocycles. The van der Waals surface area contributed by atoms with Crippen molar-refractivity contribution in [2.45, 2.75) is 0 Å². The molecule has 0 radical (unpaired) electrons. The normalized spacial score (nSPS) is 14.2. The number of hydrogen-bond donors (Lipinski definition) is 0. The van der Waals surface area contributed by atoms with Crippen molar-refractivity contribution in [2.24, 2.45) is 0 Å². The minimum Gasteiger partial charge on any atom is -0.496 e. The zero-order chi connectivity index (χ0) is 8.39. The van der Waals surface area contributed by atoms with E-state index in [2.05, 4.69) is 0 Å². The molecule has 2 heteroatoms. The monoisotopic (exact) mass is 162 g/mol. The number of benzene rings is 1. The van der Waals surface area contributed by atoms with E-state index in [1.807, 2.05) is 30.3 Å². The molecule has 0 fully saturated rings. The van der Waals surface area contributed by atoms with Crippen molar-refractivity contribution in [2.75, 3.05) is 13.7 Å². The second-order valence-electron chi connectivity index (χ2n) is 2.58. The van der Waals surface area contributed by atoms with Crippen molar-refractivity contribution in [1.29, 1.82) is 0 Å². The SMILES string of the molecule is COC1=CCOc2ccccc21. The van der Waals surface area contributed by atoms with Gasteiger partial charge < -0.3 is 9.47 Å². The van der Waals surface area contributed by atoms with Crippen LogP contribution in [0.4, 0.5) is 0 Å². The first-order valence-electron chi connectivity index (χ1n) is 3.88. The zero-order valence-corrected chi connectivity index (χ0v) is 6.91. The minimum atomic E-state index is 0.597. The molecule has 2 nitrogen and oxygen atoms in total. The van der Waals surface area contributed by atoms with E-state index in [4.69, 9.17) is 9.47 Å². The first-order valence-corrected chi connectivity index (χ1v) is 3.88. The summed E-state index contributed by atoms with van der Waals surface area (Å²) in [6.07, 6.45) is 1.93. The number of ether oxygens (including phenoxy) is 2. The molecular weight excluding hydrogens is 152 g/mol. The largest absolute Gasteiger partial charge is 0.496 e. The highest BCUT2D eigenvalue weighted by Gasteiger charge is 2.12. The Morgan fingerprint density at radius 1 is 1.33 bits per heavy atom. The van der Waals surface area contributed by atoms with E-state index < -0.39 is 0 Å². The van der Waals surface area contributed by atoms with Crippen LogP contribution in [0.1, 0.15) is 5.56 Å². The van der Waals surface area contributed by atoms with Crippen LogP contribution in [0, 0.1) is 0 Å². The summed E-state index contributed by atoms with van der Waals surface area (Å²) in [6, 6.07) is 7.86. The average molecular weight is 162 g/mol. The lowest BCUT2D eigenvalue weighted by molar-refractivity contribution is 0.322. The maximum Gasteiger partial charge on any atom is 0.130 e. The highest BCUT2D eigenvalue weighted by atomic mass is 16.5. The first kappa shape index (κ1) is 7.22. The molecule has 0 spiro atoms. The summed E-state index contributed by atoms with van der Waals surface area (Å²) < 4.78 is 10.6. The van der Waals surface area contributed by atoms with Gasteiger partial charge in [-0.3, -0.25) is 0 Å². The Kier molecular flexibility index (Phi) is 1.74. The summed E-state index contributed by atoms with van der Waals surface area (Å²) in [7, 11) is 1.67. The van der Waals surface area contributed by atoms with E-state index in [0.717, 1.165) is 17.1 Å². The Balaban J connectivity index is 2.48. The summed E-state index contributed by atoms with van der Waals surface area (Å²) in [6.45, 7) is 0.597. The lowest BCUT2D eigenvalue weighted by atomic mass is 10.1. The van der Waals surface area contributed by atoms with Crippen LogP contribution < -0.4 is 4.74 Å². The Morgan fingerprint density at radius 3 is 3.00 bits per heavy atom. The summed E-state index contributed by atoms with van der Waals surface area (Å²) in [5.41, 5.74) is 1.03. The van der Waals surface area contributed by atoms with Crippen LogP contribution in [-0.2, 0) is 4.74 Å². The molecule has 0 aromatic heterocycles. The molecule has 1 aromatic rings. The molecule has 0 atom stereocenters. The summed E-state index contributed by atoms with van der Waals surface area (Å²) in [5.74, 6) is 1.80. The maximum atomic E-state index is 5.40. The zero-order valence-electron chi connectivity index (χ0n) is 6.91. The van der Waals surface area contributed by atoms with Crippen molar-refractivity contribution in [3.05, 3.63) is 35.9 Å². The highest BCUT2D eigenvalue weighted by molar-refractivity contribution is 5.67. The molecule has 0 N–H and O–H groups in total. The van der Waals surface area contributed by atoms with Gasteiger partial charge in [0.15, 0.2) is 0 Å². The van der Waals surface area contributed by atoms with Gasteiger partial charge in [0.25, 0.3) is 0 Å². The third-order valence-corrected chi connectivity index (χ3v) is 1.88. The molecule has 1 aliphatic rings. The summed E-state index contributed by atoms with van der Waals surface area (Å²) in [5, 5.41) is 0. The lowest BCUT2D eigenvalue weighted by Gasteiger charge is -2.16. The Bertz CT molecular complexity index is 315. The summed E-state index contributed by atoms with van der Waals surface area (Å²) in [4.78, 5) is 0. The van der Waals surface area contributed by atoms with E-state index in [1.165, 1.54) is 0 Å². The predicted molar refractivity (Wildman–Crippen MR) is 46.9 cm³/mol. The number of rotatable bonds is 1. The molecule has 1 heterocycles. The topological polar surface area (TPSA) is 18.5 Å². The van der Waals surface area contributed by atoms with E-state index in [1.54, 1.807) is 7.11 Å². The van der Waals surface area contributed by atoms with Crippen LogP contribution in [0.5, 0.6) is 5.75 Å². The number of para-hydroxylation sites is 1. The van der Waals surface area contributed by atoms with Gasteiger partial charge in [-0.2, -0.15) is 0 Å². The Labute approximate surface area is 71.4 Å². The number of hydrogen-bond acceptors (Lipinski definition) is 2. The molecule has 62 valence electrons. The van der Waals surface area contributed by atoms with Crippen molar-refractivity contribution >= 4 is 5.76 Å². The summed E-state index contributed by atoms with van der Waals surface area (Å²) >= 11 is 0. The van der Waals surface area contributed by atoms with Gasteiger partial charge in [0.2, 0.25) is 0 Å². The van der Waals surface area contributed by atoms with Crippen LogP contribution in [0.25, 0.3) is 5.76 Å². The van der Waals surface area contributed by atoms with Crippen LogP contribution >= 0.6 is 0 Å². The van der Waals surface area contributed by atoms with Crippen molar-refractivity contribution < 1.29 is 9.47 Å². The average Bonchev–Trinajstić information content (AvgIpc) is 2.17. The van der Waals surface area contributed by atoms with Crippen molar-refractivity contribution in [3.8, 4) is 5.75 Å². The van der Waals surface area contributed by atoms with Gasteiger partial charge in [-0.1, -0.05) is 12.1 Å². The standard InChI is InChI=1S/C10H10O2/c1-11-9-6-7-12-10-5-3-2-4-8(9)10/h2-6H,7H2,1H3. The lowest BCUT2D eigenvalue weighted by Crippen LogP contribution is -2.04. The fraction of sp³-hybridized carbons (Fsp3) is 0.200. The van der Waals surface area contributed by atoms with Gasteiger partial charge in [-0.15, -0.1) is 0 Å². The molecule has 1 aromatic carbocycles. The fourth-order valence-corrected chi connectivity index (χ4v) is 1.31. The third-order valence-electron chi connectivity index (χ3n) is 1.88. The van der Waals surface area contributed by atoms with E-state index in [-0.39, 0.29) is 0 Å². The number of methoxy groups -OCH3 is 1. The highest BCUT2D eigenvalue weighted by Crippen LogP contribution is 2.29. The molecule has 12 heavy (non-hydrogen) atoms. The second kappa shape index (κ2) is 2.89. The molecule has 1 aliphatic heterocycles. The van der Waals surface area contributed by atoms with Gasteiger partial charge >= 0.3 is 0 Å². The predicted octanol–water partition coefficient (Wildman–Crippen LogP) is 2.07. The molecular formula is C10H10O2. The van der Waals surface area contributed by atoms with Crippen LogP contribution in [-0.4, -0.2) is 13.7 Å². The first-order chi connectivity index (χ1) is 5.92. The molecule has 0 unspecified atom stereocenters. The molecule has 0 saturated heterocycles. The molecule has 2 rings (SSSR count). The van der Waals surface area contributed by atoms with Gasteiger partial charge in [0.05, 0.1) is 12.7 Å². The van der Waals surface area contributed by atoms with E-state index >= 15 is 0 Å².